The Labute approximate surface area is 147 Å². The maximum absolute atomic E-state index is 12.0. The average molecular weight is 347 g/mol. The molecule has 0 unspecified atom stereocenters. The molecule has 7 nitrogen and oxygen atoms in total. The van der Waals surface area contributed by atoms with Crippen molar-refractivity contribution in [2.45, 2.75) is 52.0 Å². The van der Waals surface area contributed by atoms with Crippen LogP contribution in [-0.4, -0.2) is 35.6 Å². The van der Waals surface area contributed by atoms with Crippen LogP contribution in [0, 0.1) is 13.8 Å². The zero-order chi connectivity index (χ0) is 18.4. The lowest BCUT2D eigenvalue weighted by atomic mass is 9.96. The van der Waals surface area contributed by atoms with E-state index in [2.05, 4.69) is 16.0 Å². The predicted molar refractivity (Wildman–Crippen MR) is 94.9 cm³/mol. The minimum Gasteiger partial charge on any atom is -0.478 e. The molecule has 0 aromatic heterocycles. The van der Waals surface area contributed by atoms with E-state index >= 15 is 0 Å². The first-order valence-corrected chi connectivity index (χ1v) is 8.55. The highest BCUT2D eigenvalue weighted by Crippen LogP contribution is 2.21. The van der Waals surface area contributed by atoms with Crippen molar-refractivity contribution in [3.8, 4) is 0 Å². The maximum Gasteiger partial charge on any atom is 0.336 e. The van der Waals surface area contributed by atoms with Crippen molar-refractivity contribution >= 4 is 23.6 Å². The number of hydrogen-bond acceptors (Lipinski definition) is 3. The molecule has 4 N–H and O–H groups in total. The highest BCUT2D eigenvalue weighted by molar-refractivity contribution is 5.97. The highest BCUT2D eigenvalue weighted by atomic mass is 16.4. The number of aromatic carboxylic acids is 1. The van der Waals surface area contributed by atoms with Gasteiger partial charge in [-0.3, -0.25) is 4.79 Å². The fourth-order valence-corrected chi connectivity index (χ4v) is 3.06. The van der Waals surface area contributed by atoms with Gasteiger partial charge in [0.05, 0.1) is 12.1 Å². The molecule has 1 aliphatic carbocycles. The molecule has 0 saturated heterocycles. The SMILES string of the molecule is Cc1cc(C)c(C(=O)O)cc1NC(=O)CNC(=O)NC1CCCCC1. The molecule has 0 spiro atoms. The van der Waals surface area contributed by atoms with Crippen molar-refractivity contribution < 1.29 is 19.5 Å². The molecule has 0 aliphatic heterocycles. The number of rotatable bonds is 5. The third kappa shape index (κ3) is 5.48. The second-order valence-electron chi connectivity index (χ2n) is 6.50. The second-order valence-corrected chi connectivity index (χ2v) is 6.50. The van der Waals surface area contributed by atoms with Crippen LogP contribution < -0.4 is 16.0 Å². The van der Waals surface area contributed by atoms with Gasteiger partial charge in [0.25, 0.3) is 0 Å². The fraction of sp³-hybridized carbons (Fsp3) is 0.500. The van der Waals surface area contributed by atoms with Gasteiger partial charge in [0.15, 0.2) is 0 Å². The monoisotopic (exact) mass is 347 g/mol. The molecule has 1 aromatic rings. The van der Waals surface area contributed by atoms with Crippen LogP contribution in [-0.2, 0) is 4.79 Å². The lowest BCUT2D eigenvalue weighted by molar-refractivity contribution is -0.115. The number of urea groups is 1. The van der Waals surface area contributed by atoms with Crippen molar-refractivity contribution in [1.82, 2.24) is 10.6 Å². The Morgan fingerprint density at radius 2 is 1.76 bits per heavy atom. The van der Waals surface area contributed by atoms with Gasteiger partial charge in [0.2, 0.25) is 5.91 Å². The molecule has 3 amide bonds. The normalized spacial score (nSPS) is 14.6. The smallest absolute Gasteiger partial charge is 0.336 e. The molecule has 1 fully saturated rings. The molecular weight excluding hydrogens is 322 g/mol. The average Bonchev–Trinajstić information content (AvgIpc) is 2.56. The van der Waals surface area contributed by atoms with Crippen molar-refractivity contribution in [1.29, 1.82) is 0 Å². The van der Waals surface area contributed by atoms with Crippen LogP contribution in [0.1, 0.15) is 53.6 Å². The number of carbonyl (C=O) groups is 3. The number of anilines is 1. The number of carbonyl (C=O) groups excluding carboxylic acids is 2. The lowest BCUT2D eigenvalue weighted by Crippen LogP contribution is -2.45. The molecule has 0 bridgehead atoms. The first-order valence-electron chi connectivity index (χ1n) is 8.55. The van der Waals surface area contributed by atoms with E-state index in [1.54, 1.807) is 19.9 Å². The summed E-state index contributed by atoms with van der Waals surface area (Å²) in [5.41, 5.74) is 1.97. The summed E-state index contributed by atoms with van der Waals surface area (Å²) in [4.78, 5) is 35.1. The molecule has 7 heteroatoms. The quantitative estimate of drug-likeness (QED) is 0.656. The van der Waals surface area contributed by atoms with E-state index in [0.717, 1.165) is 31.2 Å². The van der Waals surface area contributed by atoms with Gasteiger partial charge in [-0.15, -0.1) is 0 Å². The van der Waals surface area contributed by atoms with E-state index in [9.17, 15) is 14.4 Å². The van der Waals surface area contributed by atoms with E-state index in [1.807, 2.05) is 0 Å². The third-order valence-electron chi connectivity index (χ3n) is 4.43. The number of hydrogen-bond donors (Lipinski definition) is 4. The summed E-state index contributed by atoms with van der Waals surface area (Å²) in [7, 11) is 0. The summed E-state index contributed by atoms with van der Waals surface area (Å²) >= 11 is 0. The van der Waals surface area contributed by atoms with Crippen LogP contribution in [0.25, 0.3) is 0 Å². The third-order valence-corrected chi connectivity index (χ3v) is 4.43. The number of carboxylic acid groups (broad SMARTS) is 1. The Morgan fingerprint density at radius 1 is 1.08 bits per heavy atom. The Hall–Kier alpha value is -2.57. The minimum atomic E-state index is -1.04. The topological polar surface area (TPSA) is 108 Å². The van der Waals surface area contributed by atoms with Crippen molar-refractivity contribution in [2.75, 3.05) is 11.9 Å². The first kappa shape index (κ1) is 18.8. The summed E-state index contributed by atoms with van der Waals surface area (Å²) in [5.74, 6) is -1.44. The van der Waals surface area contributed by atoms with Crippen LogP contribution in [0.4, 0.5) is 10.5 Å². The van der Waals surface area contributed by atoms with Crippen LogP contribution in [0.3, 0.4) is 0 Å². The zero-order valence-electron chi connectivity index (χ0n) is 14.6. The molecule has 136 valence electrons. The van der Waals surface area contributed by atoms with Gasteiger partial charge >= 0.3 is 12.0 Å². The molecule has 0 atom stereocenters. The van der Waals surface area contributed by atoms with Gasteiger partial charge in [0, 0.05) is 11.7 Å². The number of benzene rings is 1. The summed E-state index contributed by atoms with van der Waals surface area (Å²) < 4.78 is 0. The van der Waals surface area contributed by atoms with E-state index < -0.39 is 11.9 Å². The summed E-state index contributed by atoms with van der Waals surface area (Å²) in [5, 5.41) is 17.2. The molecule has 0 heterocycles. The van der Waals surface area contributed by atoms with Crippen LogP contribution in [0.15, 0.2) is 12.1 Å². The Bertz CT molecular complexity index is 667. The van der Waals surface area contributed by atoms with E-state index in [0.29, 0.717) is 11.3 Å². The van der Waals surface area contributed by atoms with Gasteiger partial charge < -0.3 is 21.1 Å². The van der Waals surface area contributed by atoms with Gasteiger partial charge in [-0.05, 0) is 43.9 Å². The van der Waals surface area contributed by atoms with E-state index in [1.165, 1.54) is 12.5 Å². The fourth-order valence-electron chi connectivity index (χ4n) is 3.06. The van der Waals surface area contributed by atoms with E-state index in [4.69, 9.17) is 5.11 Å². The largest absolute Gasteiger partial charge is 0.478 e. The Kier molecular flexibility index (Phi) is 6.38. The van der Waals surface area contributed by atoms with Crippen molar-refractivity contribution in [2.24, 2.45) is 0 Å². The van der Waals surface area contributed by atoms with Gasteiger partial charge in [-0.1, -0.05) is 25.3 Å². The highest BCUT2D eigenvalue weighted by Gasteiger charge is 2.16. The molecule has 1 saturated carbocycles. The van der Waals surface area contributed by atoms with Crippen molar-refractivity contribution in [3.05, 3.63) is 28.8 Å². The van der Waals surface area contributed by atoms with Crippen LogP contribution >= 0.6 is 0 Å². The number of aryl methyl sites for hydroxylation is 2. The predicted octanol–water partition coefficient (Wildman–Crippen LogP) is 2.57. The molecule has 1 aliphatic rings. The van der Waals surface area contributed by atoms with E-state index in [-0.39, 0.29) is 24.2 Å². The first-order chi connectivity index (χ1) is 11.9. The Balaban J connectivity index is 1.86. The molecule has 0 radical (unpaired) electrons. The molecular formula is C18H25N3O4. The number of nitrogens with one attached hydrogen (secondary N) is 3. The number of amides is 3. The van der Waals surface area contributed by atoms with Crippen molar-refractivity contribution in [3.63, 3.8) is 0 Å². The standard InChI is InChI=1S/C18H25N3O4/c1-11-8-12(2)15(9-14(11)17(23)24)21-16(22)10-19-18(25)20-13-6-4-3-5-7-13/h8-9,13H,3-7,10H2,1-2H3,(H,21,22)(H,23,24)(H2,19,20,25). The van der Waals surface area contributed by atoms with Gasteiger partial charge in [-0.25, -0.2) is 9.59 Å². The molecule has 1 aromatic carbocycles. The summed E-state index contributed by atoms with van der Waals surface area (Å²) in [6.45, 7) is 3.32. The number of carboxylic acids is 1. The zero-order valence-corrected chi connectivity index (χ0v) is 14.6. The molecule has 2 rings (SSSR count). The minimum absolute atomic E-state index is 0.143. The van der Waals surface area contributed by atoms with Crippen LogP contribution in [0.2, 0.25) is 0 Å². The maximum atomic E-state index is 12.0. The second kappa shape index (κ2) is 8.50. The summed E-state index contributed by atoms with van der Waals surface area (Å²) in [6.07, 6.45) is 5.38. The van der Waals surface area contributed by atoms with Gasteiger partial charge in [-0.2, -0.15) is 0 Å². The summed E-state index contributed by atoms with van der Waals surface area (Å²) in [6, 6.07) is 2.97. The van der Waals surface area contributed by atoms with Crippen LogP contribution in [0.5, 0.6) is 0 Å². The van der Waals surface area contributed by atoms with Gasteiger partial charge in [0.1, 0.15) is 0 Å². The Morgan fingerprint density at radius 3 is 2.40 bits per heavy atom. The molecule has 25 heavy (non-hydrogen) atoms. The lowest BCUT2D eigenvalue weighted by Gasteiger charge is -2.22.